The smallest absolute Gasteiger partial charge is 0.221 e. The lowest BCUT2D eigenvalue weighted by Gasteiger charge is -2.02. The molecule has 2 N–H and O–H groups in total. The maximum atomic E-state index is 11.4. The Morgan fingerprint density at radius 2 is 2.11 bits per heavy atom. The number of thiazole rings is 1. The highest BCUT2D eigenvalue weighted by Crippen LogP contribution is 2.23. The van der Waals surface area contributed by atoms with Crippen molar-refractivity contribution in [3.63, 3.8) is 0 Å². The van der Waals surface area contributed by atoms with Gasteiger partial charge in [0.25, 0.3) is 0 Å². The molecular weight excluding hydrogens is 270 g/mol. The number of amides is 1. The van der Waals surface area contributed by atoms with Gasteiger partial charge < -0.3 is 10.6 Å². The van der Waals surface area contributed by atoms with E-state index < -0.39 is 0 Å². The van der Waals surface area contributed by atoms with E-state index >= 15 is 0 Å². The molecule has 0 unspecified atom stereocenters. The van der Waals surface area contributed by atoms with Crippen LogP contribution >= 0.6 is 23.7 Å². The van der Waals surface area contributed by atoms with Crippen LogP contribution in [0.1, 0.15) is 41.8 Å². The molecule has 0 fully saturated rings. The molecule has 0 atom stereocenters. The Hall–Kier alpha value is -0.650. The molecule has 1 heterocycles. The van der Waals surface area contributed by atoms with Gasteiger partial charge in [-0.2, -0.15) is 0 Å². The van der Waals surface area contributed by atoms with Crippen LogP contribution in [0.4, 0.5) is 0 Å². The van der Waals surface area contributed by atoms with Crippen molar-refractivity contribution >= 4 is 29.7 Å². The Morgan fingerprint density at radius 1 is 1.44 bits per heavy atom. The predicted molar refractivity (Wildman–Crippen MR) is 78.6 cm³/mol. The number of aromatic nitrogens is 1. The summed E-state index contributed by atoms with van der Waals surface area (Å²) in [5.74, 6) is 0.512. The van der Waals surface area contributed by atoms with E-state index in [-0.39, 0.29) is 18.3 Å². The lowest BCUT2D eigenvalue weighted by Crippen LogP contribution is -2.26. The van der Waals surface area contributed by atoms with E-state index in [0.29, 0.717) is 25.4 Å². The van der Waals surface area contributed by atoms with Gasteiger partial charge in [-0.1, -0.05) is 13.8 Å². The molecule has 104 valence electrons. The van der Waals surface area contributed by atoms with Crippen LogP contribution in [0.15, 0.2) is 0 Å². The molecule has 1 rings (SSSR count). The maximum Gasteiger partial charge on any atom is 0.221 e. The summed E-state index contributed by atoms with van der Waals surface area (Å²) in [4.78, 5) is 17.2. The largest absolute Gasteiger partial charge is 0.350 e. The fourth-order valence-corrected chi connectivity index (χ4v) is 2.60. The van der Waals surface area contributed by atoms with Crippen molar-refractivity contribution in [1.29, 1.82) is 0 Å². The van der Waals surface area contributed by atoms with Gasteiger partial charge in [-0.15, -0.1) is 23.7 Å². The second-order valence-electron chi connectivity index (χ2n) is 4.33. The second-order valence-corrected chi connectivity index (χ2v) is 5.62. The zero-order valence-corrected chi connectivity index (χ0v) is 13.0. The number of carbonyl (C=O) groups is 1. The SMILES string of the molecule is CNCCC(=O)NCc1nc(C(C)C)c(C)s1.Cl. The molecule has 0 saturated heterocycles. The average Bonchev–Trinajstić information content (AvgIpc) is 2.65. The van der Waals surface area contributed by atoms with Crippen molar-refractivity contribution in [1.82, 2.24) is 15.6 Å². The number of rotatable bonds is 6. The van der Waals surface area contributed by atoms with E-state index in [4.69, 9.17) is 0 Å². The highest BCUT2D eigenvalue weighted by Gasteiger charge is 2.11. The van der Waals surface area contributed by atoms with Crippen molar-refractivity contribution in [2.24, 2.45) is 0 Å². The fraction of sp³-hybridized carbons (Fsp3) is 0.667. The number of halogens is 1. The van der Waals surface area contributed by atoms with Crippen LogP contribution in [0.25, 0.3) is 0 Å². The third-order valence-corrected chi connectivity index (χ3v) is 3.45. The number of hydrogen-bond donors (Lipinski definition) is 2. The Morgan fingerprint density at radius 3 is 2.61 bits per heavy atom. The Bertz CT molecular complexity index is 379. The molecule has 4 nitrogen and oxygen atoms in total. The Labute approximate surface area is 119 Å². The summed E-state index contributed by atoms with van der Waals surface area (Å²) >= 11 is 1.67. The van der Waals surface area contributed by atoms with E-state index in [1.54, 1.807) is 11.3 Å². The van der Waals surface area contributed by atoms with E-state index in [1.807, 2.05) is 7.05 Å². The van der Waals surface area contributed by atoms with Gasteiger partial charge in [0, 0.05) is 17.8 Å². The van der Waals surface area contributed by atoms with Gasteiger partial charge in [-0.25, -0.2) is 4.98 Å². The average molecular weight is 292 g/mol. The first kappa shape index (κ1) is 17.4. The van der Waals surface area contributed by atoms with Gasteiger partial charge >= 0.3 is 0 Å². The number of aryl methyl sites for hydroxylation is 1. The van der Waals surface area contributed by atoms with Crippen molar-refractivity contribution < 1.29 is 4.79 Å². The van der Waals surface area contributed by atoms with Crippen LogP contribution in [0.3, 0.4) is 0 Å². The second kappa shape index (κ2) is 8.45. The lowest BCUT2D eigenvalue weighted by atomic mass is 10.1. The van der Waals surface area contributed by atoms with Gasteiger partial charge in [0.1, 0.15) is 5.01 Å². The highest BCUT2D eigenvalue weighted by molar-refractivity contribution is 7.11. The van der Waals surface area contributed by atoms with Crippen LogP contribution in [-0.2, 0) is 11.3 Å². The standard InChI is InChI=1S/C12H21N3OS.ClH/c1-8(2)12-9(3)17-11(15-12)7-14-10(16)5-6-13-4;/h8,13H,5-7H2,1-4H3,(H,14,16);1H. The van der Waals surface area contributed by atoms with Gasteiger partial charge in [-0.3, -0.25) is 4.79 Å². The van der Waals surface area contributed by atoms with Crippen LogP contribution < -0.4 is 10.6 Å². The normalized spacial score (nSPS) is 10.3. The highest BCUT2D eigenvalue weighted by atomic mass is 35.5. The van der Waals surface area contributed by atoms with Crippen LogP contribution in [0, 0.1) is 6.92 Å². The van der Waals surface area contributed by atoms with Crippen molar-refractivity contribution in [2.75, 3.05) is 13.6 Å². The molecule has 0 aliphatic heterocycles. The molecule has 0 aromatic carbocycles. The van der Waals surface area contributed by atoms with E-state index in [1.165, 1.54) is 4.88 Å². The van der Waals surface area contributed by atoms with Crippen LogP contribution in [-0.4, -0.2) is 24.5 Å². The van der Waals surface area contributed by atoms with Crippen LogP contribution in [0.2, 0.25) is 0 Å². The summed E-state index contributed by atoms with van der Waals surface area (Å²) < 4.78 is 0. The van der Waals surface area contributed by atoms with E-state index in [0.717, 1.165) is 10.7 Å². The molecule has 0 saturated carbocycles. The summed E-state index contributed by atoms with van der Waals surface area (Å²) in [7, 11) is 1.84. The number of hydrogen-bond acceptors (Lipinski definition) is 4. The van der Waals surface area contributed by atoms with Crippen molar-refractivity contribution in [3.05, 3.63) is 15.6 Å². The quantitative estimate of drug-likeness (QED) is 0.845. The van der Waals surface area contributed by atoms with E-state index in [2.05, 4.69) is 36.4 Å². The number of nitrogens with one attached hydrogen (secondary N) is 2. The molecule has 0 aliphatic rings. The number of carbonyl (C=O) groups excluding carboxylic acids is 1. The summed E-state index contributed by atoms with van der Waals surface area (Å²) in [6.07, 6.45) is 0.512. The molecule has 1 amide bonds. The molecule has 0 radical (unpaired) electrons. The minimum absolute atomic E-state index is 0. The molecule has 6 heteroatoms. The molecule has 18 heavy (non-hydrogen) atoms. The first-order chi connectivity index (χ1) is 8.04. The monoisotopic (exact) mass is 291 g/mol. The Kier molecular flexibility index (Phi) is 8.15. The summed E-state index contributed by atoms with van der Waals surface area (Å²) in [5, 5.41) is 6.82. The van der Waals surface area contributed by atoms with Gasteiger partial charge in [0.2, 0.25) is 5.91 Å². The zero-order valence-electron chi connectivity index (χ0n) is 11.4. The predicted octanol–water partition coefficient (Wildman–Crippen LogP) is 2.22. The third-order valence-electron chi connectivity index (χ3n) is 2.46. The molecule has 0 aliphatic carbocycles. The lowest BCUT2D eigenvalue weighted by molar-refractivity contribution is -0.121. The number of nitrogens with zero attached hydrogens (tertiary/aromatic N) is 1. The summed E-state index contributed by atoms with van der Waals surface area (Å²) in [5.41, 5.74) is 1.15. The van der Waals surface area contributed by atoms with Crippen molar-refractivity contribution in [3.8, 4) is 0 Å². The Balaban J connectivity index is 0.00000289. The molecular formula is C12H22ClN3OS. The van der Waals surface area contributed by atoms with E-state index in [9.17, 15) is 4.79 Å². The first-order valence-electron chi connectivity index (χ1n) is 5.92. The van der Waals surface area contributed by atoms with Gasteiger partial charge in [0.05, 0.1) is 12.2 Å². The van der Waals surface area contributed by atoms with Gasteiger partial charge in [0.15, 0.2) is 0 Å². The minimum atomic E-state index is 0. The third kappa shape index (κ3) is 5.33. The summed E-state index contributed by atoms with van der Waals surface area (Å²) in [6, 6.07) is 0. The molecule has 1 aromatic heterocycles. The molecule has 0 bridgehead atoms. The molecule has 1 aromatic rings. The first-order valence-corrected chi connectivity index (χ1v) is 6.73. The van der Waals surface area contributed by atoms with Gasteiger partial charge in [-0.05, 0) is 19.9 Å². The zero-order chi connectivity index (χ0) is 12.8. The molecule has 0 spiro atoms. The summed E-state index contributed by atoms with van der Waals surface area (Å²) in [6.45, 7) is 7.61. The maximum absolute atomic E-state index is 11.4. The minimum Gasteiger partial charge on any atom is -0.350 e. The van der Waals surface area contributed by atoms with Crippen molar-refractivity contribution in [2.45, 2.75) is 39.7 Å². The fourth-order valence-electron chi connectivity index (χ4n) is 1.58. The van der Waals surface area contributed by atoms with Crippen LogP contribution in [0.5, 0.6) is 0 Å². The topological polar surface area (TPSA) is 54.0 Å².